The second kappa shape index (κ2) is 5.75. The number of methoxy groups -OCH3 is 1. The van der Waals surface area contributed by atoms with E-state index in [4.69, 9.17) is 16.3 Å². The molecule has 0 N–H and O–H groups in total. The normalized spacial score (nSPS) is 17.5. The van der Waals surface area contributed by atoms with Gasteiger partial charge < -0.3 is 4.74 Å². The summed E-state index contributed by atoms with van der Waals surface area (Å²) in [5.41, 5.74) is 0. The van der Waals surface area contributed by atoms with Gasteiger partial charge in [0.05, 0.1) is 22.3 Å². The third-order valence-electron chi connectivity index (χ3n) is 3.49. The van der Waals surface area contributed by atoms with Crippen molar-refractivity contribution >= 4 is 31.5 Å². The molecule has 0 radical (unpaired) electrons. The van der Waals surface area contributed by atoms with Gasteiger partial charge in [0.2, 0.25) is 10.0 Å². The zero-order chi connectivity index (χ0) is 15.8. The Balaban J connectivity index is 2.20. The summed E-state index contributed by atoms with van der Waals surface area (Å²) in [7, 11) is -5.49. The molecule has 1 heterocycles. The minimum Gasteiger partial charge on any atom is -0.495 e. The molecule has 0 saturated carbocycles. The van der Waals surface area contributed by atoms with Gasteiger partial charge >= 0.3 is 0 Å². The largest absolute Gasteiger partial charge is 0.495 e. The average Bonchev–Trinajstić information content (AvgIpc) is 2.36. The lowest BCUT2D eigenvalue weighted by atomic mass is 10.3. The van der Waals surface area contributed by atoms with Gasteiger partial charge in [-0.1, -0.05) is 18.5 Å². The van der Waals surface area contributed by atoms with E-state index in [1.807, 2.05) is 0 Å². The molecule has 9 heteroatoms. The van der Waals surface area contributed by atoms with Gasteiger partial charge in [0.15, 0.2) is 9.84 Å². The van der Waals surface area contributed by atoms with E-state index in [1.54, 1.807) is 6.92 Å². The molecule has 0 unspecified atom stereocenters. The molecule has 0 aliphatic carbocycles. The van der Waals surface area contributed by atoms with Gasteiger partial charge in [0.25, 0.3) is 0 Å². The Morgan fingerprint density at radius 1 is 1.29 bits per heavy atom. The predicted octanol–water partition coefficient (Wildman–Crippen LogP) is 1.16. The number of hydrogen-bond donors (Lipinski definition) is 0. The summed E-state index contributed by atoms with van der Waals surface area (Å²) in [5.74, 6) is 0.394. The van der Waals surface area contributed by atoms with Crippen molar-refractivity contribution in [3.63, 3.8) is 0 Å². The molecule has 1 aliphatic rings. The number of sulfone groups is 1. The van der Waals surface area contributed by atoms with Crippen molar-refractivity contribution < 1.29 is 21.6 Å². The highest BCUT2D eigenvalue weighted by molar-refractivity contribution is 7.92. The second-order valence-corrected chi connectivity index (χ2v) is 9.61. The summed E-state index contributed by atoms with van der Waals surface area (Å²) in [6.07, 6.45) is 0. The van der Waals surface area contributed by atoms with Gasteiger partial charge in [-0.15, -0.1) is 0 Å². The molecule has 0 amide bonds. The zero-order valence-corrected chi connectivity index (χ0v) is 14.0. The Morgan fingerprint density at radius 3 is 2.38 bits per heavy atom. The summed E-state index contributed by atoms with van der Waals surface area (Å²) in [5, 5.41) is -0.428. The molecule has 0 spiro atoms. The first-order valence-electron chi connectivity index (χ1n) is 6.27. The van der Waals surface area contributed by atoms with Crippen molar-refractivity contribution in [2.75, 3.05) is 26.0 Å². The first-order chi connectivity index (χ1) is 9.72. The lowest BCUT2D eigenvalue weighted by Gasteiger charge is -2.37. The molecule has 21 heavy (non-hydrogen) atoms. The molecular weight excluding hydrogens is 338 g/mol. The fourth-order valence-corrected chi connectivity index (χ4v) is 5.37. The van der Waals surface area contributed by atoms with E-state index < -0.39 is 25.1 Å². The highest BCUT2D eigenvalue weighted by Crippen LogP contribution is 2.31. The first-order valence-corrected chi connectivity index (χ1v) is 9.81. The Kier molecular flexibility index (Phi) is 4.53. The van der Waals surface area contributed by atoms with Crippen LogP contribution in [0.15, 0.2) is 23.1 Å². The molecule has 2 rings (SSSR count). The predicted molar refractivity (Wildman–Crippen MR) is 80.0 cm³/mol. The molecular formula is C12H16ClNO5S2. The van der Waals surface area contributed by atoms with Crippen LogP contribution in [-0.2, 0) is 19.9 Å². The number of benzene rings is 1. The summed E-state index contributed by atoms with van der Waals surface area (Å²) >= 11 is 5.92. The smallest absolute Gasteiger partial charge is 0.243 e. The van der Waals surface area contributed by atoms with Gasteiger partial charge in [0.1, 0.15) is 5.75 Å². The molecule has 1 aromatic rings. The van der Waals surface area contributed by atoms with Crippen molar-refractivity contribution in [1.29, 1.82) is 0 Å². The Labute approximate surface area is 129 Å². The van der Waals surface area contributed by atoms with Crippen LogP contribution in [0.5, 0.6) is 5.75 Å². The first kappa shape index (κ1) is 16.5. The second-order valence-electron chi connectivity index (χ2n) is 4.69. The van der Waals surface area contributed by atoms with Crippen LogP contribution in [0.25, 0.3) is 0 Å². The number of rotatable bonds is 5. The number of sulfonamides is 1. The lowest BCUT2D eigenvalue weighted by Crippen LogP contribution is -2.57. The maximum absolute atomic E-state index is 12.4. The van der Waals surface area contributed by atoms with Gasteiger partial charge in [-0.2, -0.15) is 4.31 Å². The molecule has 0 atom stereocenters. The van der Waals surface area contributed by atoms with Gasteiger partial charge in [-0.05, 0) is 18.2 Å². The fourth-order valence-electron chi connectivity index (χ4n) is 2.02. The summed E-state index contributed by atoms with van der Waals surface area (Å²) in [6, 6.07) is 4.16. The van der Waals surface area contributed by atoms with Crippen LogP contribution < -0.4 is 4.74 Å². The summed E-state index contributed by atoms with van der Waals surface area (Å²) < 4.78 is 54.2. The van der Waals surface area contributed by atoms with E-state index in [2.05, 4.69) is 0 Å². The van der Waals surface area contributed by atoms with Crippen molar-refractivity contribution in [3.05, 3.63) is 23.2 Å². The average molecular weight is 354 g/mol. The number of ether oxygens (including phenoxy) is 1. The lowest BCUT2D eigenvalue weighted by molar-refractivity contribution is 0.310. The van der Waals surface area contributed by atoms with Gasteiger partial charge in [0, 0.05) is 18.8 Å². The maximum Gasteiger partial charge on any atom is 0.243 e. The van der Waals surface area contributed by atoms with Gasteiger partial charge in [-0.25, -0.2) is 16.8 Å². The van der Waals surface area contributed by atoms with Crippen molar-refractivity contribution in [3.8, 4) is 5.75 Å². The molecule has 1 aliphatic heterocycles. The highest BCUT2D eigenvalue weighted by atomic mass is 35.5. The van der Waals surface area contributed by atoms with Gasteiger partial charge in [-0.3, -0.25) is 0 Å². The topological polar surface area (TPSA) is 80.8 Å². The molecule has 1 saturated heterocycles. The standard InChI is InChI=1S/C12H16ClNO5S2/c1-3-20(15,16)10-7-14(8-10)21(17,18)9-4-5-12(19-2)11(13)6-9/h4-6,10H,3,7-8H2,1-2H3. The van der Waals surface area contributed by atoms with E-state index in [0.29, 0.717) is 5.75 Å². The minimum atomic E-state index is -3.72. The number of nitrogens with zero attached hydrogens (tertiary/aromatic N) is 1. The summed E-state index contributed by atoms with van der Waals surface area (Å²) in [4.78, 5) is 0.0284. The molecule has 0 bridgehead atoms. The minimum absolute atomic E-state index is 0.0118. The molecule has 0 aromatic heterocycles. The van der Waals surface area contributed by atoms with Crippen LogP contribution in [0.1, 0.15) is 6.92 Å². The zero-order valence-electron chi connectivity index (χ0n) is 11.6. The molecule has 1 fully saturated rings. The Bertz CT molecular complexity index is 739. The number of hydrogen-bond acceptors (Lipinski definition) is 5. The van der Waals surface area contributed by atoms with Crippen LogP contribution in [0.3, 0.4) is 0 Å². The monoisotopic (exact) mass is 353 g/mol. The van der Waals surface area contributed by atoms with E-state index in [0.717, 1.165) is 4.31 Å². The quantitative estimate of drug-likeness (QED) is 0.793. The van der Waals surface area contributed by atoms with Crippen molar-refractivity contribution in [2.24, 2.45) is 0 Å². The van der Waals surface area contributed by atoms with E-state index in [1.165, 1.54) is 25.3 Å². The maximum atomic E-state index is 12.4. The van der Waals surface area contributed by atoms with Crippen LogP contribution in [0.4, 0.5) is 0 Å². The van der Waals surface area contributed by atoms with Crippen LogP contribution in [0.2, 0.25) is 5.02 Å². The SMILES string of the molecule is CCS(=O)(=O)C1CN(S(=O)(=O)c2ccc(OC)c(Cl)c2)C1. The number of halogens is 1. The molecule has 6 nitrogen and oxygen atoms in total. The third-order valence-corrected chi connectivity index (χ3v) is 7.73. The van der Waals surface area contributed by atoms with Crippen LogP contribution in [0, 0.1) is 0 Å². The molecule has 1 aromatic carbocycles. The molecule has 118 valence electrons. The van der Waals surface area contributed by atoms with E-state index in [-0.39, 0.29) is 28.8 Å². The van der Waals surface area contributed by atoms with Crippen LogP contribution >= 0.6 is 11.6 Å². The highest BCUT2D eigenvalue weighted by Gasteiger charge is 2.42. The summed E-state index contributed by atoms with van der Waals surface area (Å²) in [6.45, 7) is 1.53. The van der Waals surface area contributed by atoms with Crippen molar-refractivity contribution in [2.45, 2.75) is 17.1 Å². The van der Waals surface area contributed by atoms with Crippen LogP contribution in [-0.4, -0.2) is 52.3 Å². The Hall–Kier alpha value is -0.830. The van der Waals surface area contributed by atoms with E-state index >= 15 is 0 Å². The van der Waals surface area contributed by atoms with E-state index in [9.17, 15) is 16.8 Å². The third kappa shape index (κ3) is 3.03. The van der Waals surface area contributed by atoms with Crippen molar-refractivity contribution in [1.82, 2.24) is 4.31 Å². The fraction of sp³-hybridized carbons (Fsp3) is 0.500. The Morgan fingerprint density at radius 2 is 1.90 bits per heavy atom.